The van der Waals surface area contributed by atoms with Gasteiger partial charge in [0, 0.05) is 43.2 Å². The third-order valence-electron chi connectivity index (χ3n) is 7.26. The number of hydrogen-bond donors (Lipinski definition) is 1. The lowest BCUT2D eigenvalue weighted by Gasteiger charge is -2.36. The molecule has 1 fully saturated rings. The number of rotatable bonds is 7. The van der Waals surface area contributed by atoms with Gasteiger partial charge in [0.05, 0.1) is 12.8 Å². The Bertz CT molecular complexity index is 1340. The second-order valence-electron chi connectivity index (χ2n) is 10.1. The van der Waals surface area contributed by atoms with Crippen LogP contribution in [0.3, 0.4) is 0 Å². The van der Waals surface area contributed by atoms with Crippen molar-refractivity contribution in [3.8, 4) is 17.0 Å². The van der Waals surface area contributed by atoms with Crippen molar-refractivity contribution in [2.75, 3.05) is 21.2 Å². The maximum absolute atomic E-state index is 11.9. The van der Waals surface area contributed by atoms with Crippen LogP contribution in [0.15, 0.2) is 36.8 Å². The van der Waals surface area contributed by atoms with Gasteiger partial charge in [0.2, 0.25) is 5.91 Å². The van der Waals surface area contributed by atoms with E-state index in [-0.39, 0.29) is 5.91 Å². The zero-order valence-electron chi connectivity index (χ0n) is 20.6. The van der Waals surface area contributed by atoms with Gasteiger partial charge < -0.3 is 14.6 Å². The number of carbonyl (C=O) groups is 1. The summed E-state index contributed by atoms with van der Waals surface area (Å²) in [5.74, 6) is 2.51. The van der Waals surface area contributed by atoms with Crippen molar-refractivity contribution in [3.05, 3.63) is 47.9 Å². The van der Waals surface area contributed by atoms with Crippen molar-refractivity contribution in [2.24, 2.45) is 5.92 Å². The molecule has 178 valence electrons. The molecule has 0 aliphatic heterocycles. The zero-order chi connectivity index (χ0) is 24.0. The number of methoxy groups -OCH3 is 1. The summed E-state index contributed by atoms with van der Waals surface area (Å²) in [6.45, 7) is 4.48. The zero-order valence-corrected chi connectivity index (χ0v) is 20.6. The van der Waals surface area contributed by atoms with E-state index in [1.54, 1.807) is 22.9 Å². The quantitative estimate of drug-likeness (QED) is 0.403. The van der Waals surface area contributed by atoms with Gasteiger partial charge >= 0.3 is 0 Å². The second-order valence-corrected chi connectivity index (χ2v) is 10.1. The number of amides is 1. The van der Waals surface area contributed by atoms with Crippen LogP contribution in [-0.2, 0) is 4.79 Å². The molecule has 3 heterocycles. The lowest BCUT2D eigenvalue weighted by Crippen LogP contribution is -2.26. The van der Waals surface area contributed by atoms with Crippen LogP contribution in [-0.4, -0.2) is 51.6 Å². The molecule has 0 bridgehead atoms. The highest BCUT2D eigenvalue weighted by Gasteiger charge is 2.31. The second kappa shape index (κ2) is 8.78. The van der Waals surface area contributed by atoms with E-state index in [4.69, 9.17) is 4.74 Å². The molecule has 0 saturated heterocycles. The van der Waals surface area contributed by atoms with Crippen LogP contribution in [0, 0.1) is 5.92 Å². The summed E-state index contributed by atoms with van der Waals surface area (Å²) in [4.78, 5) is 21.6. The maximum Gasteiger partial charge on any atom is 0.222 e. The molecule has 7 nitrogen and oxygen atoms in total. The third kappa shape index (κ3) is 3.93. The largest absolute Gasteiger partial charge is 0.493 e. The van der Waals surface area contributed by atoms with E-state index in [0.29, 0.717) is 35.6 Å². The lowest BCUT2D eigenvalue weighted by atomic mass is 9.69. The Morgan fingerprint density at radius 2 is 2.06 bits per heavy atom. The summed E-state index contributed by atoms with van der Waals surface area (Å²) in [5.41, 5.74) is 6.71. The van der Waals surface area contributed by atoms with Crippen molar-refractivity contribution in [2.45, 2.75) is 51.4 Å². The molecule has 5 rings (SSSR count). The minimum absolute atomic E-state index is 0.229. The van der Waals surface area contributed by atoms with Gasteiger partial charge in [-0.25, -0.2) is 9.50 Å². The Balaban J connectivity index is 1.44. The van der Waals surface area contributed by atoms with Crippen LogP contribution in [0.5, 0.6) is 5.75 Å². The molecule has 0 unspecified atom stereocenters. The molecular weight excluding hydrogens is 426 g/mol. The molecule has 34 heavy (non-hydrogen) atoms. The Kier molecular flexibility index (Phi) is 5.80. The van der Waals surface area contributed by atoms with Gasteiger partial charge in [-0.05, 0) is 66.3 Å². The first kappa shape index (κ1) is 22.4. The number of nitrogens with one attached hydrogen (secondary N) is 1. The number of H-pyrrole nitrogens is 1. The number of ether oxygens (including phenoxy) is 1. The van der Waals surface area contributed by atoms with E-state index >= 15 is 0 Å². The Morgan fingerprint density at radius 3 is 2.76 bits per heavy atom. The van der Waals surface area contributed by atoms with Crippen LogP contribution in [0.2, 0.25) is 0 Å². The topological polar surface area (TPSA) is 75.5 Å². The number of pyridine rings is 1. The summed E-state index contributed by atoms with van der Waals surface area (Å²) in [5, 5.41) is 5.61. The van der Waals surface area contributed by atoms with E-state index in [9.17, 15) is 4.79 Å². The molecule has 0 atom stereocenters. The number of benzene rings is 1. The highest BCUT2D eigenvalue weighted by atomic mass is 16.5. The first-order chi connectivity index (χ1) is 16.4. The Hall–Kier alpha value is -3.35. The molecule has 1 aliphatic rings. The fourth-order valence-corrected chi connectivity index (χ4v) is 5.29. The average molecular weight is 460 g/mol. The van der Waals surface area contributed by atoms with Crippen molar-refractivity contribution in [3.63, 3.8) is 0 Å². The molecule has 0 spiro atoms. The highest BCUT2D eigenvalue weighted by Crippen LogP contribution is 2.45. The van der Waals surface area contributed by atoms with Crippen LogP contribution in [0.25, 0.3) is 27.8 Å². The van der Waals surface area contributed by atoms with E-state index in [1.165, 1.54) is 29.4 Å². The fourth-order valence-electron chi connectivity index (χ4n) is 5.29. The molecule has 1 aliphatic carbocycles. The number of hydrogen-bond acceptors (Lipinski definition) is 4. The summed E-state index contributed by atoms with van der Waals surface area (Å²) < 4.78 is 7.36. The summed E-state index contributed by atoms with van der Waals surface area (Å²) >= 11 is 0. The predicted octanol–water partition coefficient (Wildman–Crippen LogP) is 5.37. The molecule has 7 heteroatoms. The molecule has 4 aromatic rings. The van der Waals surface area contributed by atoms with E-state index in [0.717, 1.165) is 23.2 Å². The van der Waals surface area contributed by atoms with Gasteiger partial charge in [0.1, 0.15) is 6.33 Å². The monoisotopic (exact) mass is 459 g/mol. The van der Waals surface area contributed by atoms with Gasteiger partial charge in [0.15, 0.2) is 11.4 Å². The minimum Gasteiger partial charge on any atom is -0.493 e. The maximum atomic E-state index is 11.9. The van der Waals surface area contributed by atoms with E-state index < -0.39 is 0 Å². The van der Waals surface area contributed by atoms with E-state index in [1.807, 2.05) is 26.4 Å². The fraction of sp³-hybridized carbons (Fsp3) is 0.444. The van der Waals surface area contributed by atoms with Crippen molar-refractivity contribution >= 4 is 22.5 Å². The molecular formula is C27H33N5O2. The van der Waals surface area contributed by atoms with Crippen LogP contribution < -0.4 is 4.74 Å². The summed E-state index contributed by atoms with van der Waals surface area (Å²) in [7, 11) is 5.33. The summed E-state index contributed by atoms with van der Waals surface area (Å²) in [6, 6.07) is 8.89. The normalized spacial score (nSPS) is 17.9. The average Bonchev–Trinajstić information content (AvgIpc) is 3.41. The van der Waals surface area contributed by atoms with Gasteiger partial charge in [-0.2, -0.15) is 5.10 Å². The lowest BCUT2D eigenvalue weighted by molar-refractivity contribution is -0.129. The van der Waals surface area contributed by atoms with Gasteiger partial charge in [-0.1, -0.05) is 19.9 Å². The third-order valence-corrected chi connectivity index (χ3v) is 7.26. The van der Waals surface area contributed by atoms with Crippen LogP contribution in [0.4, 0.5) is 0 Å². The molecule has 1 saturated carbocycles. The number of aromatic nitrogens is 4. The van der Waals surface area contributed by atoms with Crippen molar-refractivity contribution in [1.82, 2.24) is 24.5 Å². The standard InChI is InChI=1S/C27H33N5O2/c1-16(2)25-21-12-18(19-10-17(11-19)6-9-24(33)31(3)4)7-8-22(21)30-26(25)20-13-23(34-5)27-28-15-29-32(27)14-20/h7-8,12-17,19,30H,6,9-11H2,1-5H3. The SMILES string of the molecule is COc1cc(-c2[nH]c3ccc(C4CC(CCC(=O)N(C)C)C4)cc3c2C(C)C)cn2ncnc12. The number of carbonyl (C=O) groups excluding carboxylic acids is 1. The van der Waals surface area contributed by atoms with Crippen LogP contribution >= 0.6 is 0 Å². The van der Waals surface area contributed by atoms with Gasteiger partial charge in [-0.15, -0.1) is 0 Å². The Labute approximate surface area is 200 Å². The van der Waals surface area contributed by atoms with Crippen LogP contribution in [0.1, 0.15) is 62.5 Å². The molecule has 1 aromatic carbocycles. The molecule has 3 aromatic heterocycles. The van der Waals surface area contributed by atoms with Crippen molar-refractivity contribution < 1.29 is 9.53 Å². The number of aromatic amines is 1. The first-order valence-electron chi connectivity index (χ1n) is 12.1. The molecule has 1 N–H and O–H groups in total. The minimum atomic E-state index is 0.229. The number of fused-ring (bicyclic) bond motifs is 2. The predicted molar refractivity (Wildman–Crippen MR) is 134 cm³/mol. The smallest absolute Gasteiger partial charge is 0.222 e. The number of nitrogens with zero attached hydrogens (tertiary/aromatic N) is 4. The van der Waals surface area contributed by atoms with Crippen molar-refractivity contribution in [1.29, 1.82) is 0 Å². The highest BCUT2D eigenvalue weighted by molar-refractivity contribution is 5.92. The summed E-state index contributed by atoms with van der Waals surface area (Å²) in [6.07, 6.45) is 7.54. The Morgan fingerprint density at radius 1 is 1.26 bits per heavy atom. The molecule has 1 amide bonds. The van der Waals surface area contributed by atoms with Gasteiger partial charge in [-0.3, -0.25) is 4.79 Å². The van der Waals surface area contributed by atoms with E-state index in [2.05, 4.69) is 47.1 Å². The molecule has 0 radical (unpaired) electrons. The van der Waals surface area contributed by atoms with Gasteiger partial charge in [0.25, 0.3) is 0 Å². The first-order valence-corrected chi connectivity index (χ1v) is 12.1.